The zero-order valence-electron chi connectivity index (χ0n) is 18.1. The second-order valence-electron chi connectivity index (χ2n) is 8.44. The van der Waals surface area contributed by atoms with Gasteiger partial charge in [0.05, 0.1) is 21.5 Å². The highest BCUT2D eigenvalue weighted by atomic mass is 32.2. The number of aromatic nitrogens is 1. The largest absolute Gasteiger partial charge is 0.369 e. The lowest BCUT2D eigenvalue weighted by Crippen LogP contribution is -2.35. The average molecular weight is 443 g/mol. The molecule has 0 N–H and O–H groups in total. The van der Waals surface area contributed by atoms with E-state index >= 15 is 4.39 Å². The number of anilines is 1. The van der Waals surface area contributed by atoms with Gasteiger partial charge in [0.25, 0.3) is 0 Å². The van der Waals surface area contributed by atoms with E-state index in [4.69, 9.17) is 0 Å². The SMILES string of the molecule is CCn1cc(S(=O)(=O)c2cccc(C)c2)c(=O)c2cc(F)c(N3CCC[C@@H](C)C3)cc21. The molecule has 1 fully saturated rings. The molecule has 0 unspecified atom stereocenters. The van der Waals surface area contributed by atoms with Crippen molar-refractivity contribution in [2.24, 2.45) is 5.92 Å². The van der Waals surface area contributed by atoms with E-state index in [1.54, 1.807) is 29.7 Å². The van der Waals surface area contributed by atoms with E-state index in [1.165, 1.54) is 24.4 Å². The number of piperidine rings is 1. The van der Waals surface area contributed by atoms with Gasteiger partial charge in [-0.25, -0.2) is 12.8 Å². The summed E-state index contributed by atoms with van der Waals surface area (Å²) in [6.45, 7) is 7.80. The van der Waals surface area contributed by atoms with E-state index in [9.17, 15) is 13.2 Å². The van der Waals surface area contributed by atoms with Gasteiger partial charge in [-0.2, -0.15) is 0 Å². The minimum atomic E-state index is -4.03. The lowest BCUT2D eigenvalue weighted by atomic mass is 9.99. The van der Waals surface area contributed by atoms with E-state index in [-0.39, 0.29) is 15.2 Å². The molecule has 2 heterocycles. The molecule has 1 aliphatic rings. The average Bonchev–Trinajstić information content (AvgIpc) is 2.74. The maximum absolute atomic E-state index is 15.1. The van der Waals surface area contributed by atoms with Crippen LogP contribution in [0.4, 0.5) is 10.1 Å². The van der Waals surface area contributed by atoms with E-state index in [0.717, 1.165) is 31.5 Å². The highest BCUT2D eigenvalue weighted by Gasteiger charge is 2.26. The number of benzene rings is 2. The quantitative estimate of drug-likeness (QED) is 0.595. The molecule has 2 aromatic carbocycles. The molecular formula is C24H27FN2O3S. The van der Waals surface area contributed by atoms with Crippen molar-refractivity contribution in [3.63, 3.8) is 0 Å². The molecule has 164 valence electrons. The highest BCUT2D eigenvalue weighted by Crippen LogP contribution is 2.30. The fraction of sp³-hybridized carbons (Fsp3) is 0.375. The van der Waals surface area contributed by atoms with E-state index in [0.29, 0.717) is 23.7 Å². The smallest absolute Gasteiger partial charge is 0.211 e. The maximum atomic E-state index is 15.1. The number of pyridine rings is 1. The van der Waals surface area contributed by atoms with Crippen LogP contribution in [-0.4, -0.2) is 26.1 Å². The molecule has 0 amide bonds. The molecule has 0 spiro atoms. The Kier molecular flexibility index (Phi) is 5.64. The number of aryl methyl sites for hydroxylation is 2. The standard InChI is InChI=1S/C24H27FN2O3S/c1-4-26-15-23(31(29,30)18-9-5-7-16(2)11-18)24(28)19-12-20(25)22(13-21(19)26)27-10-6-8-17(3)14-27/h5,7,9,11-13,15,17H,4,6,8,10,14H2,1-3H3/t17-/m1/s1. The summed E-state index contributed by atoms with van der Waals surface area (Å²) < 4.78 is 43.3. The van der Waals surface area contributed by atoms with Crippen molar-refractivity contribution in [2.45, 2.75) is 49.9 Å². The van der Waals surface area contributed by atoms with Crippen LogP contribution in [-0.2, 0) is 16.4 Å². The first-order chi connectivity index (χ1) is 14.7. The summed E-state index contributed by atoms with van der Waals surface area (Å²) in [4.78, 5) is 15.0. The molecular weight excluding hydrogens is 415 g/mol. The van der Waals surface area contributed by atoms with Crippen LogP contribution in [0.25, 0.3) is 10.9 Å². The molecule has 4 rings (SSSR count). The van der Waals surface area contributed by atoms with Crippen LogP contribution in [0.3, 0.4) is 0 Å². The second-order valence-corrected chi connectivity index (χ2v) is 10.4. The third kappa shape index (κ3) is 3.87. The maximum Gasteiger partial charge on any atom is 0.211 e. The van der Waals surface area contributed by atoms with Crippen molar-refractivity contribution < 1.29 is 12.8 Å². The lowest BCUT2D eigenvalue weighted by Gasteiger charge is -2.33. The zero-order chi connectivity index (χ0) is 22.3. The van der Waals surface area contributed by atoms with Crippen LogP contribution < -0.4 is 10.3 Å². The summed E-state index contributed by atoms with van der Waals surface area (Å²) in [7, 11) is -4.03. The first-order valence-electron chi connectivity index (χ1n) is 10.7. The Bertz CT molecular complexity index is 1310. The number of halogens is 1. The van der Waals surface area contributed by atoms with Crippen molar-refractivity contribution in [3.8, 4) is 0 Å². The summed E-state index contributed by atoms with van der Waals surface area (Å²) in [6, 6.07) is 9.35. The van der Waals surface area contributed by atoms with Gasteiger partial charge in [0.15, 0.2) is 0 Å². The number of fused-ring (bicyclic) bond motifs is 1. The molecule has 1 aliphatic heterocycles. The van der Waals surface area contributed by atoms with E-state index in [1.807, 2.05) is 11.8 Å². The third-order valence-corrected chi connectivity index (χ3v) is 7.79. The Balaban J connectivity index is 1.92. The summed E-state index contributed by atoms with van der Waals surface area (Å²) in [5.41, 5.74) is 1.13. The van der Waals surface area contributed by atoms with Crippen molar-refractivity contribution in [3.05, 3.63) is 64.2 Å². The Morgan fingerprint density at radius 1 is 1.19 bits per heavy atom. The fourth-order valence-corrected chi connectivity index (χ4v) is 5.86. The molecule has 0 saturated carbocycles. The number of hydrogen-bond acceptors (Lipinski definition) is 4. The van der Waals surface area contributed by atoms with Gasteiger partial charge in [-0.3, -0.25) is 4.79 Å². The molecule has 7 heteroatoms. The number of nitrogens with zero attached hydrogens (tertiary/aromatic N) is 2. The first-order valence-corrected chi connectivity index (χ1v) is 12.1. The minimum Gasteiger partial charge on any atom is -0.369 e. The molecule has 1 atom stereocenters. The van der Waals surface area contributed by atoms with Gasteiger partial charge in [0.2, 0.25) is 15.3 Å². The van der Waals surface area contributed by atoms with Crippen molar-refractivity contribution in [2.75, 3.05) is 18.0 Å². The Hall–Kier alpha value is -2.67. The van der Waals surface area contributed by atoms with Gasteiger partial charge in [0, 0.05) is 25.8 Å². The van der Waals surface area contributed by atoms with Gasteiger partial charge < -0.3 is 9.47 Å². The number of rotatable bonds is 4. The van der Waals surface area contributed by atoms with Crippen LogP contribution in [0.1, 0.15) is 32.3 Å². The van der Waals surface area contributed by atoms with Crippen LogP contribution in [0, 0.1) is 18.7 Å². The fourth-order valence-electron chi connectivity index (χ4n) is 4.39. The van der Waals surface area contributed by atoms with E-state index < -0.39 is 21.1 Å². The third-order valence-electron chi connectivity index (χ3n) is 6.04. The second kappa shape index (κ2) is 8.11. The summed E-state index contributed by atoms with van der Waals surface area (Å²) in [5, 5.41) is 0.0851. The van der Waals surface area contributed by atoms with Crippen molar-refractivity contribution in [1.82, 2.24) is 4.57 Å². The highest BCUT2D eigenvalue weighted by molar-refractivity contribution is 7.91. The Morgan fingerprint density at radius 3 is 2.65 bits per heavy atom. The van der Waals surface area contributed by atoms with Crippen LogP contribution in [0.15, 0.2) is 57.2 Å². The van der Waals surface area contributed by atoms with Gasteiger partial charge in [-0.15, -0.1) is 0 Å². The molecule has 0 aliphatic carbocycles. The Morgan fingerprint density at radius 2 is 1.97 bits per heavy atom. The number of hydrogen-bond donors (Lipinski definition) is 0. The van der Waals surface area contributed by atoms with Gasteiger partial charge in [-0.05, 0) is 62.4 Å². The molecule has 31 heavy (non-hydrogen) atoms. The normalized spacial score (nSPS) is 17.3. The Labute approximate surface area is 182 Å². The molecule has 1 aromatic heterocycles. The van der Waals surface area contributed by atoms with Gasteiger partial charge in [0.1, 0.15) is 10.7 Å². The zero-order valence-corrected chi connectivity index (χ0v) is 18.9. The van der Waals surface area contributed by atoms with Crippen LogP contribution in [0.5, 0.6) is 0 Å². The van der Waals surface area contributed by atoms with Crippen molar-refractivity contribution >= 4 is 26.4 Å². The summed E-state index contributed by atoms with van der Waals surface area (Å²) in [6.07, 6.45) is 3.50. The topological polar surface area (TPSA) is 59.4 Å². The van der Waals surface area contributed by atoms with Crippen LogP contribution >= 0.6 is 0 Å². The monoisotopic (exact) mass is 442 g/mol. The summed E-state index contributed by atoms with van der Waals surface area (Å²) in [5.74, 6) is -0.0227. The molecule has 5 nitrogen and oxygen atoms in total. The molecule has 1 saturated heterocycles. The first kappa shape index (κ1) is 21.6. The minimum absolute atomic E-state index is 0.0611. The summed E-state index contributed by atoms with van der Waals surface area (Å²) >= 11 is 0. The van der Waals surface area contributed by atoms with Crippen LogP contribution in [0.2, 0.25) is 0 Å². The predicted octanol–water partition coefficient (Wildman–Crippen LogP) is 4.54. The molecule has 3 aromatic rings. The van der Waals surface area contributed by atoms with Crippen molar-refractivity contribution in [1.29, 1.82) is 0 Å². The molecule has 0 bridgehead atoms. The van der Waals surface area contributed by atoms with Gasteiger partial charge >= 0.3 is 0 Å². The predicted molar refractivity (Wildman–Crippen MR) is 121 cm³/mol. The number of sulfone groups is 1. The van der Waals surface area contributed by atoms with E-state index in [2.05, 4.69) is 6.92 Å². The van der Waals surface area contributed by atoms with Gasteiger partial charge in [-0.1, -0.05) is 19.1 Å². The lowest BCUT2D eigenvalue weighted by molar-refractivity contribution is 0.442. The molecule has 0 radical (unpaired) electrons.